The predicted octanol–water partition coefficient (Wildman–Crippen LogP) is 2.76. The van der Waals surface area contributed by atoms with E-state index in [9.17, 15) is 4.79 Å². The van der Waals surface area contributed by atoms with Crippen LogP contribution >= 0.6 is 0 Å². The number of benzene rings is 1. The Balaban J connectivity index is 2.22. The SMILES string of the molecule is CCC(C)(CCO)NC(=O)c1cc2ccc(C)cc2[nH]1. The van der Waals surface area contributed by atoms with Gasteiger partial charge in [0.1, 0.15) is 5.69 Å². The largest absolute Gasteiger partial charge is 0.396 e. The molecule has 0 aliphatic carbocycles. The number of aliphatic hydroxyl groups is 1. The van der Waals surface area contributed by atoms with Gasteiger partial charge in [-0.05, 0) is 44.4 Å². The van der Waals surface area contributed by atoms with Gasteiger partial charge in [-0.2, -0.15) is 0 Å². The van der Waals surface area contributed by atoms with Crippen molar-refractivity contribution in [3.63, 3.8) is 0 Å². The summed E-state index contributed by atoms with van der Waals surface area (Å²) in [5, 5.41) is 13.1. The summed E-state index contributed by atoms with van der Waals surface area (Å²) in [6.45, 7) is 6.05. The topological polar surface area (TPSA) is 65.1 Å². The summed E-state index contributed by atoms with van der Waals surface area (Å²) in [4.78, 5) is 15.5. The first-order chi connectivity index (χ1) is 9.47. The molecule has 3 N–H and O–H groups in total. The van der Waals surface area contributed by atoms with Gasteiger partial charge in [0.05, 0.1) is 0 Å². The van der Waals surface area contributed by atoms with Crippen molar-refractivity contribution in [3.8, 4) is 0 Å². The molecule has 1 aromatic carbocycles. The Hall–Kier alpha value is -1.81. The lowest BCUT2D eigenvalue weighted by Gasteiger charge is -2.28. The lowest BCUT2D eigenvalue weighted by atomic mass is 9.95. The van der Waals surface area contributed by atoms with Crippen LogP contribution in [0.4, 0.5) is 0 Å². The number of hydrogen-bond acceptors (Lipinski definition) is 2. The maximum atomic E-state index is 12.3. The average Bonchev–Trinajstić information content (AvgIpc) is 2.82. The van der Waals surface area contributed by atoms with Crippen molar-refractivity contribution >= 4 is 16.8 Å². The molecule has 20 heavy (non-hydrogen) atoms. The van der Waals surface area contributed by atoms with Crippen molar-refractivity contribution in [3.05, 3.63) is 35.5 Å². The molecule has 4 nitrogen and oxygen atoms in total. The number of nitrogens with one attached hydrogen (secondary N) is 2. The summed E-state index contributed by atoms with van der Waals surface area (Å²) in [6.07, 6.45) is 1.33. The van der Waals surface area contributed by atoms with Crippen molar-refractivity contribution in [2.24, 2.45) is 0 Å². The van der Waals surface area contributed by atoms with E-state index in [-0.39, 0.29) is 18.1 Å². The minimum atomic E-state index is -0.376. The first-order valence-electron chi connectivity index (χ1n) is 7.00. The van der Waals surface area contributed by atoms with Crippen LogP contribution in [0.3, 0.4) is 0 Å². The number of aromatic amines is 1. The van der Waals surface area contributed by atoms with E-state index in [2.05, 4.69) is 10.3 Å². The minimum Gasteiger partial charge on any atom is -0.396 e. The molecule has 0 bridgehead atoms. The van der Waals surface area contributed by atoms with Gasteiger partial charge < -0.3 is 15.4 Å². The molecule has 0 radical (unpaired) electrons. The second-order valence-electron chi connectivity index (χ2n) is 5.62. The molecule has 0 aliphatic rings. The van der Waals surface area contributed by atoms with Gasteiger partial charge in [0, 0.05) is 23.0 Å². The molecule has 1 aromatic heterocycles. The van der Waals surface area contributed by atoms with Gasteiger partial charge >= 0.3 is 0 Å². The van der Waals surface area contributed by atoms with Crippen molar-refractivity contribution in [1.82, 2.24) is 10.3 Å². The van der Waals surface area contributed by atoms with Crippen LogP contribution in [0.25, 0.3) is 10.9 Å². The highest BCUT2D eigenvalue weighted by Gasteiger charge is 2.24. The zero-order valence-corrected chi connectivity index (χ0v) is 12.3. The fraction of sp³-hybridized carbons (Fsp3) is 0.438. The summed E-state index contributed by atoms with van der Waals surface area (Å²) in [6, 6.07) is 7.92. The van der Waals surface area contributed by atoms with Crippen LogP contribution in [-0.2, 0) is 0 Å². The molecule has 1 atom stereocenters. The van der Waals surface area contributed by atoms with Gasteiger partial charge in [0.2, 0.25) is 0 Å². The monoisotopic (exact) mass is 274 g/mol. The predicted molar refractivity (Wildman–Crippen MR) is 80.9 cm³/mol. The Morgan fingerprint density at radius 3 is 2.80 bits per heavy atom. The molecule has 2 aromatic rings. The third-order valence-electron chi connectivity index (χ3n) is 3.88. The van der Waals surface area contributed by atoms with Gasteiger partial charge in [-0.25, -0.2) is 0 Å². The number of amides is 1. The Morgan fingerprint density at radius 1 is 1.40 bits per heavy atom. The Bertz CT molecular complexity index is 618. The lowest BCUT2D eigenvalue weighted by Crippen LogP contribution is -2.46. The molecule has 0 spiro atoms. The third-order valence-corrected chi connectivity index (χ3v) is 3.88. The molecule has 2 rings (SSSR count). The van der Waals surface area contributed by atoms with Crippen LogP contribution in [0.1, 0.15) is 42.7 Å². The average molecular weight is 274 g/mol. The second kappa shape index (κ2) is 5.67. The third kappa shape index (κ3) is 3.02. The Kier molecular flexibility index (Phi) is 4.14. The lowest BCUT2D eigenvalue weighted by molar-refractivity contribution is 0.0882. The van der Waals surface area contributed by atoms with E-state index in [1.807, 2.05) is 45.0 Å². The van der Waals surface area contributed by atoms with Crippen LogP contribution in [0.5, 0.6) is 0 Å². The van der Waals surface area contributed by atoms with Crippen molar-refractivity contribution in [2.75, 3.05) is 6.61 Å². The summed E-state index contributed by atoms with van der Waals surface area (Å²) >= 11 is 0. The van der Waals surface area contributed by atoms with Crippen LogP contribution < -0.4 is 5.32 Å². The molecule has 108 valence electrons. The van der Waals surface area contributed by atoms with Gasteiger partial charge in [0.25, 0.3) is 5.91 Å². The Labute approximate surface area is 119 Å². The summed E-state index contributed by atoms with van der Waals surface area (Å²) < 4.78 is 0. The van der Waals surface area contributed by atoms with Gasteiger partial charge in [0.15, 0.2) is 0 Å². The number of carbonyl (C=O) groups excluding carboxylic acids is 1. The first-order valence-corrected chi connectivity index (χ1v) is 7.00. The molecule has 0 saturated carbocycles. The van der Waals surface area contributed by atoms with Gasteiger partial charge in [-0.15, -0.1) is 0 Å². The van der Waals surface area contributed by atoms with Crippen molar-refractivity contribution < 1.29 is 9.90 Å². The fourth-order valence-corrected chi connectivity index (χ4v) is 2.28. The number of aliphatic hydroxyl groups excluding tert-OH is 1. The summed E-state index contributed by atoms with van der Waals surface area (Å²) in [5.41, 5.74) is 2.31. The first kappa shape index (κ1) is 14.6. The normalized spacial score (nSPS) is 14.2. The number of aromatic nitrogens is 1. The molecule has 1 unspecified atom stereocenters. The van der Waals surface area contributed by atoms with E-state index in [1.165, 1.54) is 0 Å². The smallest absolute Gasteiger partial charge is 0.268 e. The molecular formula is C16H22N2O2. The summed E-state index contributed by atoms with van der Waals surface area (Å²) in [5.74, 6) is -0.128. The number of aryl methyl sites for hydroxylation is 1. The molecule has 1 amide bonds. The minimum absolute atomic E-state index is 0.0660. The number of H-pyrrole nitrogens is 1. The summed E-state index contributed by atoms with van der Waals surface area (Å²) in [7, 11) is 0. The molecule has 1 heterocycles. The van der Waals surface area contributed by atoms with E-state index in [0.717, 1.165) is 22.9 Å². The second-order valence-corrected chi connectivity index (χ2v) is 5.62. The number of hydrogen-bond donors (Lipinski definition) is 3. The number of carbonyl (C=O) groups is 1. The van der Waals surface area contributed by atoms with E-state index in [1.54, 1.807) is 0 Å². The number of rotatable bonds is 5. The Morgan fingerprint density at radius 2 is 2.15 bits per heavy atom. The van der Waals surface area contributed by atoms with Crippen LogP contribution in [0, 0.1) is 6.92 Å². The maximum Gasteiger partial charge on any atom is 0.268 e. The number of fused-ring (bicyclic) bond motifs is 1. The molecule has 4 heteroatoms. The molecule has 0 saturated heterocycles. The standard InChI is InChI=1S/C16H22N2O2/c1-4-16(3,7-8-19)18-15(20)14-10-12-6-5-11(2)9-13(12)17-14/h5-6,9-10,17,19H,4,7-8H2,1-3H3,(H,18,20). The van der Waals surface area contributed by atoms with Crippen molar-refractivity contribution in [2.45, 2.75) is 39.2 Å². The quantitative estimate of drug-likeness (QED) is 0.785. The van der Waals surface area contributed by atoms with E-state index in [0.29, 0.717) is 12.1 Å². The van der Waals surface area contributed by atoms with E-state index < -0.39 is 0 Å². The highest BCUT2D eigenvalue weighted by Crippen LogP contribution is 2.19. The molecule has 0 aliphatic heterocycles. The van der Waals surface area contributed by atoms with Gasteiger partial charge in [-0.3, -0.25) is 4.79 Å². The highest BCUT2D eigenvalue weighted by atomic mass is 16.3. The van der Waals surface area contributed by atoms with Gasteiger partial charge in [-0.1, -0.05) is 19.1 Å². The van der Waals surface area contributed by atoms with Crippen molar-refractivity contribution in [1.29, 1.82) is 0 Å². The maximum absolute atomic E-state index is 12.3. The zero-order chi connectivity index (χ0) is 14.8. The molecule has 0 fully saturated rings. The van der Waals surface area contributed by atoms with Crippen LogP contribution in [0.2, 0.25) is 0 Å². The van der Waals surface area contributed by atoms with E-state index in [4.69, 9.17) is 5.11 Å². The zero-order valence-electron chi connectivity index (χ0n) is 12.3. The van der Waals surface area contributed by atoms with Crippen LogP contribution in [0.15, 0.2) is 24.3 Å². The van der Waals surface area contributed by atoms with Crippen LogP contribution in [-0.4, -0.2) is 28.1 Å². The van der Waals surface area contributed by atoms with E-state index >= 15 is 0 Å². The highest BCUT2D eigenvalue weighted by molar-refractivity contribution is 5.98. The molecular weight excluding hydrogens is 252 g/mol. The fourth-order valence-electron chi connectivity index (χ4n) is 2.28.